The van der Waals surface area contributed by atoms with Crippen molar-refractivity contribution in [3.05, 3.63) is 126 Å². The lowest BCUT2D eigenvalue weighted by Gasteiger charge is -2.18. The minimum Gasteiger partial charge on any atom is -0.207 e. The number of hydrogen-bond acceptors (Lipinski definition) is 2. The highest BCUT2D eigenvalue weighted by Gasteiger charge is 2.35. The molecule has 5 aromatic rings. The molecule has 0 saturated carbocycles. The SMILES string of the molecule is Cc1ccc(S(=O)(=O)N2Cc3c(c(-c4ccccc4)c4ccccc4c3-c3ccccc3)C2)cc1. The largest absolute Gasteiger partial charge is 0.243 e. The van der Waals surface area contributed by atoms with Gasteiger partial charge in [-0.15, -0.1) is 0 Å². The summed E-state index contributed by atoms with van der Waals surface area (Å²) in [5, 5.41) is 2.29. The Kier molecular flexibility index (Phi) is 5.28. The van der Waals surface area contributed by atoms with Gasteiger partial charge < -0.3 is 0 Å². The first kappa shape index (κ1) is 21.8. The Labute approximate surface area is 206 Å². The Morgan fingerprint density at radius 3 is 1.46 bits per heavy atom. The third kappa shape index (κ3) is 3.66. The minimum absolute atomic E-state index is 0.336. The van der Waals surface area contributed by atoms with E-state index in [1.807, 2.05) is 55.5 Å². The number of nitrogens with zero attached hydrogens (tertiary/aromatic N) is 1. The number of sulfonamides is 1. The van der Waals surface area contributed by atoms with Crippen molar-refractivity contribution in [3.8, 4) is 22.3 Å². The summed E-state index contributed by atoms with van der Waals surface area (Å²) in [5.41, 5.74) is 7.67. The smallest absolute Gasteiger partial charge is 0.207 e. The van der Waals surface area contributed by atoms with Gasteiger partial charge in [0.1, 0.15) is 0 Å². The Hall–Kier alpha value is -3.73. The molecule has 3 nitrogen and oxygen atoms in total. The summed E-state index contributed by atoms with van der Waals surface area (Å²) >= 11 is 0. The molecule has 1 aliphatic rings. The molecule has 0 bridgehead atoms. The van der Waals surface area contributed by atoms with Crippen molar-refractivity contribution in [1.29, 1.82) is 0 Å². The third-order valence-corrected chi connectivity index (χ3v) is 8.69. The lowest BCUT2D eigenvalue weighted by molar-refractivity contribution is 0.432. The molecule has 0 amide bonds. The zero-order valence-electron chi connectivity index (χ0n) is 19.5. The fraction of sp³-hybridized carbons (Fsp3) is 0.0968. The molecule has 0 saturated heterocycles. The highest BCUT2D eigenvalue weighted by molar-refractivity contribution is 7.89. The van der Waals surface area contributed by atoms with Gasteiger partial charge in [0.05, 0.1) is 4.90 Å². The quantitative estimate of drug-likeness (QED) is 0.276. The van der Waals surface area contributed by atoms with Crippen molar-refractivity contribution in [1.82, 2.24) is 4.31 Å². The Bertz CT molecular complexity index is 1550. The van der Waals surface area contributed by atoms with E-state index >= 15 is 0 Å². The molecule has 0 aliphatic carbocycles. The van der Waals surface area contributed by atoms with Gasteiger partial charge in [-0.05, 0) is 63.2 Å². The van der Waals surface area contributed by atoms with Crippen molar-refractivity contribution >= 4 is 20.8 Å². The van der Waals surface area contributed by atoms with Gasteiger partial charge in [-0.2, -0.15) is 4.31 Å². The molecule has 6 rings (SSSR count). The van der Waals surface area contributed by atoms with Crippen LogP contribution in [-0.4, -0.2) is 12.7 Å². The normalized spacial score (nSPS) is 13.7. The summed E-state index contributed by atoms with van der Waals surface area (Å²) < 4.78 is 29.1. The van der Waals surface area contributed by atoms with Crippen LogP contribution in [0.4, 0.5) is 0 Å². The van der Waals surface area contributed by atoms with Gasteiger partial charge in [0.15, 0.2) is 0 Å². The van der Waals surface area contributed by atoms with E-state index in [-0.39, 0.29) is 0 Å². The van der Waals surface area contributed by atoms with E-state index in [1.165, 1.54) is 0 Å². The van der Waals surface area contributed by atoms with E-state index in [0.29, 0.717) is 18.0 Å². The molecule has 5 aromatic carbocycles. The number of aryl methyl sites for hydroxylation is 1. The first-order valence-electron chi connectivity index (χ1n) is 11.8. The first-order valence-corrected chi connectivity index (χ1v) is 13.2. The zero-order chi connectivity index (χ0) is 24.0. The topological polar surface area (TPSA) is 37.4 Å². The molecule has 0 spiro atoms. The van der Waals surface area contributed by atoms with E-state index in [9.17, 15) is 8.42 Å². The molecule has 1 aliphatic heterocycles. The van der Waals surface area contributed by atoms with Crippen LogP contribution in [-0.2, 0) is 23.1 Å². The van der Waals surface area contributed by atoms with Crippen LogP contribution in [0, 0.1) is 6.92 Å². The van der Waals surface area contributed by atoms with Gasteiger partial charge in [-0.25, -0.2) is 8.42 Å². The fourth-order valence-electron chi connectivity index (χ4n) is 5.20. The standard InChI is InChI=1S/C31H25NO2S/c1-22-16-18-25(19-17-22)35(33,34)32-20-28-29(21-32)31(24-12-6-3-7-13-24)27-15-9-8-14-26(27)30(28)23-10-4-2-5-11-23/h2-19H,20-21H2,1H3. The summed E-state index contributed by atoms with van der Waals surface area (Å²) in [7, 11) is -3.65. The molecular formula is C31H25NO2S. The van der Waals surface area contributed by atoms with Gasteiger partial charge in [0, 0.05) is 13.1 Å². The average Bonchev–Trinajstić information content (AvgIpc) is 3.34. The number of hydrogen-bond donors (Lipinski definition) is 0. The van der Waals surface area contributed by atoms with Gasteiger partial charge in [0.2, 0.25) is 10.0 Å². The average molecular weight is 476 g/mol. The van der Waals surface area contributed by atoms with Crippen LogP contribution in [0.5, 0.6) is 0 Å². The highest BCUT2D eigenvalue weighted by Crippen LogP contribution is 2.46. The van der Waals surface area contributed by atoms with Crippen LogP contribution in [0.2, 0.25) is 0 Å². The van der Waals surface area contributed by atoms with Crippen LogP contribution >= 0.6 is 0 Å². The molecule has 0 atom stereocenters. The lowest BCUT2D eigenvalue weighted by Crippen LogP contribution is -2.25. The molecular weight excluding hydrogens is 450 g/mol. The Balaban J connectivity index is 1.62. The van der Waals surface area contributed by atoms with Crippen LogP contribution < -0.4 is 0 Å². The van der Waals surface area contributed by atoms with Gasteiger partial charge in [-0.3, -0.25) is 0 Å². The van der Waals surface area contributed by atoms with Crippen LogP contribution in [0.25, 0.3) is 33.0 Å². The van der Waals surface area contributed by atoms with Crippen molar-refractivity contribution in [2.75, 3.05) is 0 Å². The highest BCUT2D eigenvalue weighted by atomic mass is 32.2. The van der Waals surface area contributed by atoms with Gasteiger partial charge in [0.25, 0.3) is 0 Å². The molecule has 0 N–H and O–H groups in total. The summed E-state index contributed by atoms with van der Waals surface area (Å²) in [4.78, 5) is 0.336. The molecule has 4 heteroatoms. The predicted molar refractivity (Wildman–Crippen MR) is 142 cm³/mol. The maximum Gasteiger partial charge on any atom is 0.243 e. The molecule has 172 valence electrons. The van der Waals surface area contributed by atoms with Crippen LogP contribution in [0.1, 0.15) is 16.7 Å². The maximum absolute atomic E-state index is 13.7. The second-order valence-electron chi connectivity index (χ2n) is 9.07. The molecule has 0 unspecified atom stereocenters. The second-order valence-corrected chi connectivity index (χ2v) is 11.0. The fourth-order valence-corrected chi connectivity index (χ4v) is 6.58. The first-order chi connectivity index (χ1) is 17.0. The van der Waals surface area contributed by atoms with Crippen LogP contribution in [0.3, 0.4) is 0 Å². The predicted octanol–water partition coefficient (Wildman–Crippen LogP) is 7.19. The van der Waals surface area contributed by atoms with E-state index in [2.05, 4.69) is 48.5 Å². The maximum atomic E-state index is 13.7. The third-order valence-electron chi connectivity index (χ3n) is 6.89. The number of benzene rings is 5. The molecule has 35 heavy (non-hydrogen) atoms. The van der Waals surface area contributed by atoms with Crippen molar-refractivity contribution < 1.29 is 8.42 Å². The van der Waals surface area contributed by atoms with Gasteiger partial charge in [-0.1, -0.05) is 103 Å². The second kappa shape index (κ2) is 8.49. The van der Waals surface area contributed by atoms with E-state index in [1.54, 1.807) is 16.4 Å². The van der Waals surface area contributed by atoms with Crippen molar-refractivity contribution in [3.63, 3.8) is 0 Å². The van der Waals surface area contributed by atoms with Crippen molar-refractivity contribution in [2.24, 2.45) is 0 Å². The summed E-state index contributed by atoms with van der Waals surface area (Å²) in [6.45, 7) is 2.66. The number of fused-ring (bicyclic) bond motifs is 2. The summed E-state index contributed by atoms with van der Waals surface area (Å²) in [5.74, 6) is 0. The molecule has 0 aromatic heterocycles. The molecule has 0 fully saturated rings. The monoisotopic (exact) mass is 475 g/mol. The van der Waals surface area contributed by atoms with E-state index < -0.39 is 10.0 Å². The van der Waals surface area contributed by atoms with Crippen LogP contribution in [0.15, 0.2) is 114 Å². The molecule has 1 heterocycles. The Morgan fingerprint density at radius 2 is 1.00 bits per heavy atom. The summed E-state index contributed by atoms with van der Waals surface area (Å²) in [6.07, 6.45) is 0. The molecule has 0 radical (unpaired) electrons. The zero-order valence-corrected chi connectivity index (χ0v) is 20.3. The van der Waals surface area contributed by atoms with Crippen molar-refractivity contribution in [2.45, 2.75) is 24.9 Å². The summed E-state index contributed by atoms with van der Waals surface area (Å²) in [6, 6.07) is 36.2. The minimum atomic E-state index is -3.65. The van der Waals surface area contributed by atoms with Gasteiger partial charge >= 0.3 is 0 Å². The number of rotatable bonds is 4. The van der Waals surface area contributed by atoms with E-state index in [0.717, 1.165) is 49.7 Å². The van der Waals surface area contributed by atoms with E-state index in [4.69, 9.17) is 0 Å². The Morgan fingerprint density at radius 1 is 0.571 bits per heavy atom. The lowest BCUT2D eigenvalue weighted by atomic mass is 9.85.